The molecular formula is C20H21Cl2N3O3. The number of para-hydroxylation sites is 1. The molecule has 148 valence electrons. The smallest absolute Gasteiger partial charge is 0.260 e. The average Bonchev–Trinajstić information content (AvgIpc) is 2.68. The molecule has 2 amide bonds. The molecular weight excluding hydrogens is 401 g/mol. The fourth-order valence-electron chi connectivity index (χ4n) is 2.90. The summed E-state index contributed by atoms with van der Waals surface area (Å²) >= 11 is 12.0. The summed E-state index contributed by atoms with van der Waals surface area (Å²) < 4.78 is 5.50. The van der Waals surface area contributed by atoms with E-state index >= 15 is 0 Å². The molecule has 0 aromatic heterocycles. The molecule has 2 aromatic carbocycles. The fraction of sp³-hybridized carbons (Fsp3) is 0.300. The minimum Gasteiger partial charge on any atom is -0.484 e. The van der Waals surface area contributed by atoms with E-state index in [1.807, 2.05) is 17.0 Å². The first-order chi connectivity index (χ1) is 13.5. The van der Waals surface area contributed by atoms with Gasteiger partial charge >= 0.3 is 0 Å². The SMILES string of the molecule is O=C(CN1CCN(C(=O)COc2cccc(Cl)c2)CC1)Nc1ccccc1Cl. The van der Waals surface area contributed by atoms with Gasteiger partial charge in [-0.2, -0.15) is 0 Å². The van der Waals surface area contributed by atoms with Crippen molar-refractivity contribution < 1.29 is 14.3 Å². The minimum absolute atomic E-state index is 0.0344. The number of ether oxygens (including phenoxy) is 1. The maximum atomic E-state index is 12.3. The lowest BCUT2D eigenvalue weighted by Gasteiger charge is -2.34. The summed E-state index contributed by atoms with van der Waals surface area (Å²) in [7, 11) is 0. The van der Waals surface area contributed by atoms with E-state index in [2.05, 4.69) is 5.32 Å². The fourth-order valence-corrected chi connectivity index (χ4v) is 3.27. The lowest BCUT2D eigenvalue weighted by Crippen LogP contribution is -2.51. The van der Waals surface area contributed by atoms with Gasteiger partial charge in [0.15, 0.2) is 6.61 Å². The minimum atomic E-state index is -0.128. The Kier molecular flexibility index (Phi) is 7.14. The molecule has 0 unspecified atom stereocenters. The lowest BCUT2D eigenvalue weighted by molar-refractivity contribution is -0.135. The molecule has 1 aliphatic rings. The molecule has 3 rings (SSSR count). The van der Waals surface area contributed by atoms with Crippen LogP contribution in [0.1, 0.15) is 0 Å². The van der Waals surface area contributed by atoms with Crippen LogP contribution in [0.4, 0.5) is 5.69 Å². The number of anilines is 1. The van der Waals surface area contributed by atoms with E-state index in [0.717, 1.165) is 0 Å². The van der Waals surface area contributed by atoms with Crippen molar-refractivity contribution in [3.05, 3.63) is 58.6 Å². The molecule has 0 spiro atoms. The largest absolute Gasteiger partial charge is 0.484 e. The van der Waals surface area contributed by atoms with Crippen LogP contribution in [-0.4, -0.2) is 60.9 Å². The van der Waals surface area contributed by atoms with Crippen LogP contribution in [0.2, 0.25) is 10.0 Å². The van der Waals surface area contributed by atoms with Gasteiger partial charge in [-0.1, -0.05) is 41.4 Å². The Labute approximate surface area is 174 Å². The quantitative estimate of drug-likeness (QED) is 0.777. The van der Waals surface area contributed by atoms with Crippen LogP contribution in [0.3, 0.4) is 0 Å². The van der Waals surface area contributed by atoms with Crippen LogP contribution in [0, 0.1) is 0 Å². The number of carbonyl (C=O) groups is 2. The summed E-state index contributed by atoms with van der Waals surface area (Å²) in [6.07, 6.45) is 0. The number of hydrogen-bond donors (Lipinski definition) is 1. The highest BCUT2D eigenvalue weighted by Crippen LogP contribution is 2.20. The first-order valence-electron chi connectivity index (χ1n) is 8.94. The summed E-state index contributed by atoms with van der Waals surface area (Å²) in [5.74, 6) is 0.355. The van der Waals surface area contributed by atoms with E-state index in [1.165, 1.54) is 0 Å². The van der Waals surface area contributed by atoms with Crippen molar-refractivity contribution in [2.45, 2.75) is 0 Å². The van der Waals surface area contributed by atoms with Gasteiger partial charge in [0.1, 0.15) is 5.75 Å². The van der Waals surface area contributed by atoms with Crippen LogP contribution in [-0.2, 0) is 9.59 Å². The van der Waals surface area contributed by atoms with Gasteiger partial charge in [-0.15, -0.1) is 0 Å². The second-order valence-electron chi connectivity index (χ2n) is 6.43. The predicted molar refractivity (Wildman–Crippen MR) is 110 cm³/mol. The number of hydrogen-bond acceptors (Lipinski definition) is 4. The number of nitrogens with zero attached hydrogens (tertiary/aromatic N) is 2. The molecule has 1 N–H and O–H groups in total. The topological polar surface area (TPSA) is 61.9 Å². The van der Waals surface area contributed by atoms with Crippen LogP contribution >= 0.6 is 23.2 Å². The lowest BCUT2D eigenvalue weighted by atomic mass is 10.3. The first kappa shape index (κ1) is 20.5. The zero-order valence-corrected chi connectivity index (χ0v) is 16.7. The average molecular weight is 422 g/mol. The van der Waals surface area contributed by atoms with Crippen molar-refractivity contribution in [1.29, 1.82) is 0 Å². The van der Waals surface area contributed by atoms with Crippen LogP contribution in [0.15, 0.2) is 48.5 Å². The van der Waals surface area contributed by atoms with E-state index in [9.17, 15) is 9.59 Å². The number of carbonyl (C=O) groups excluding carboxylic acids is 2. The second kappa shape index (κ2) is 9.78. The molecule has 28 heavy (non-hydrogen) atoms. The van der Waals surface area contributed by atoms with E-state index in [4.69, 9.17) is 27.9 Å². The van der Waals surface area contributed by atoms with Crippen molar-refractivity contribution in [3.63, 3.8) is 0 Å². The van der Waals surface area contributed by atoms with E-state index in [1.54, 1.807) is 41.3 Å². The van der Waals surface area contributed by atoms with Gasteiger partial charge in [0.05, 0.1) is 17.3 Å². The van der Waals surface area contributed by atoms with Crippen molar-refractivity contribution in [3.8, 4) is 5.75 Å². The molecule has 0 aliphatic carbocycles. The van der Waals surface area contributed by atoms with E-state index in [-0.39, 0.29) is 25.0 Å². The van der Waals surface area contributed by atoms with Crippen molar-refractivity contribution >= 4 is 40.7 Å². The number of nitrogens with one attached hydrogen (secondary N) is 1. The molecule has 0 bridgehead atoms. The molecule has 2 aromatic rings. The first-order valence-corrected chi connectivity index (χ1v) is 9.70. The molecule has 1 aliphatic heterocycles. The molecule has 0 atom stereocenters. The summed E-state index contributed by atoms with van der Waals surface area (Å²) in [6.45, 7) is 2.57. The molecule has 1 heterocycles. The Hall–Kier alpha value is -2.28. The highest BCUT2D eigenvalue weighted by Gasteiger charge is 2.23. The standard InChI is InChI=1S/C20H21Cl2N3O3/c21-15-4-3-5-16(12-15)28-14-20(27)25-10-8-24(9-11-25)13-19(26)23-18-7-2-1-6-17(18)22/h1-7,12H,8-11,13-14H2,(H,23,26). The summed E-state index contributed by atoms with van der Waals surface area (Å²) in [6, 6.07) is 14.1. The van der Waals surface area contributed by atoms with Crippen LogP contribution in [0.5, 0.6) is 5.75 Å². The Bertz CT molecular complexity index is 839. The maximum Gasteiger partial charge on any atom is 0.260 e. The van der Waals surface area contributed by atoms with E-state index in [0.29, 0.717) is 47.7 Å². The summed E-state index contributed by atoms with van der Waals surface area (Å²) in [4.78, 5) is 28.3. The Morgan fingerprint density at radius 2 is 1.75 bits per heavy atom. The molecule has 1 fully saturated rings. The van der Waals surface area contributed by atoms with Gasteiger partial charge in [-0.3, -0.25) is 14.5 Å². The van der Waals surface area contributed by atoms with Gasteiger partial charge in [-0.05, 0) is 30.3 Å². The molecule has 8 heteroatoms. The van der Waals surface area contributed by atoms with Gasteiger partial charge < -0.3 is 15.0 Å². The summed E-state index contributed by atoms with van der Waals surface area (Å²) in [5, 5.41) is 3.88. The van der Waals surface area contributed by atoms with Gasteiger partial charge in [-0.25, -0.2) is 0 Å². The molecule has 0 radical (unpaired) electrons. The van der Waals surface area contributed by atoms with Crippen LogP contribution < -0.4 is 10.1 Å². The molecule has 6 nitrogen and oxygen atoms in total. The van der Waals surface area contributed by atoms with Crippen molar-refractivity contribution in [1.82, 2.24) is 9.80 Å². The highest BCUT2D eigenvalue weighted by molar-refractivity contribution is 6.33. The number of rotatable bonds is 6. The molecule has 1 saturated heterocycles. The Morgan fingerprint density at radius 3 is 2.46 bits per heavy atom. The maximum absolute atomic E-state index is 12.3. The van der Waals surface area contributed by atoms with Gasteiger partial charge in [0.25, 0.3) is 5.91 Å². The number of piperazine rings is 1. The van der Waals surface area contributed by atoms with Gasteiger partial charge in [0.2, 0.25) is 5.91 Å². The normalized spacial score (nSPS) is 14.6. The monoisotopic (exact) mass is 421 g/mol. The third kappa shape index (κ3) is 5.86. The zero-order chi connectivity index (χ0) is 19.9. The van der Waals surface area contributed by atoms with Gasteiger partial charge in [0, 0.05) is 31.2 Å². The highest BCUT2D eigenvalue weighted by atomic mass is 35.5. The van der Waals surface area contributed by atoms with Crippen LogP contribution in [0.25, 0.3) is 0 Å². The number of amides is 2. The third-order valence-electron chi connectivity index (χ3n) is 4.40. The second-order valence-corrected chi connectivity index (χ2v) is 7.27. The van der Waals surface area contributed by atoms with E-state index < -0.39 is 0 Å². The van der Waals surface area contributed by atoms with Crippen molar-refractivity contribution in [2.24, 2.45) is 0 Å². The number of benzene rings is 2. The zero-order valence-electron chi connectivity index (χ0n) is 15.2. The Morgan fingerprint density at radius 1 is 1.00 bits per heavy atom. The predicted octanol–water partition coefficient (Wildman–Crippen LogP) is 3.16. The summed E-state index contributed by atoms with van der Waals surface area (Å²) in [5.41, 5.74) is 0.598. The van der Waals surface area contributed by atoms with Crippen molar-refractivity contribution in [2.75, 3.05) is 44.6 Å². The third-order valence-corrected chi connectivity index (χ3v) is 4.96. The Balaban J connectivity index is 1.40. The molecule has 0 saturated carbocycles. The number of halogens is 2.